The van der Waals surface area contributed by atoms with Crippen molar-refractivity contribution in [1.29, 1.82) is 0 Å². The van der Waals surface area contributed by atoms with E-state index >= 15 is 0 Å². The maximum Gasteiger partial charge on any atom is 0.258 e. The molecule has 2 aromatic carbocycles. The SMILES string of the molecule is O=C(c1ccc2ncsc2c1)N1Cc2cccn2Cc2ccccc21. The fourth-order valence-electron chi connectivity index (χ4n) is 3.41. The van der Waals surface area contributed by atoms with Crippen molar-refractivity contribution in [2.45, 2.75) is 13.1 Å². The number of rotatable bonds is 1. The van der Waals surface area contributed by atoms with Crippen LogP contribution < -0.4 is 4.90 Å². The highest BCUT2D eigenvalue weighted by atomic mass is 32.1. The van der Waals surface area contributed by atoms with E-state index in [2.05, 4.69) is 27.9 Å². The van der Waals surface area contributed by atoms with E-state index in [-0.39, 0.29) is 5.91 Å². The Labute approximate surface area is 149 Å². The Hall–Kier alpha value is -2.92. The normalized spacial score (nSPS) is 13.4. The van der Waals surface area contributed by atoms with Crippen LogP contribution in [0, 0.1) is 0 Å². The summed E-state index contributed by atoms with van der Waals surface area (Å²) in [5.74, 6) is 0.0254. The predicted molar refractivity (Wildman–Crippen MR) is 100 cm³/mol. The zero-order valence-electron chi connectivity index (χ0n) is 13.4. The lowest BCUT2D eigenvalue weighted by Gasteiger charge is -2.22. The van der Waals surface area contributed by atoms with Crippen molar-refractivity contribution in [1.82, 2.24) is 9.55 Å². The number of nitrogens with zero attached hydrogens (tertiary/aromatic N) is 3. The van der Waals surface area contributed by atoms with Gasteiger partial charge in [0.1, 0.15) is 0 Å². The minimum Gasteiger partial charge on any atom is -0.345 e. The van der Waals surface area contributed by atoms with Crippen molar-refractivity contribution >= 4 is 33.1 Å². The third kappa shape index (κ3) is 2.36. The van der Waals surface area contributed by atoms with Crippen LogP contribution in [0.2, 0.25) is 0 Å². The lowest BCUT2D eigenvalue weighted by atomic mass is 10.1. The monoisotopic (exact) mass is 345 g/mol. The Morgan fingerprint density at radius 3 is 2.92 bits per heavy atom. The summed E-state index contributed by atoms with van der Waals surface area (Å²) in [4.78, 5) is 19.5. The molecule has 4 aromatic rings. The minimum atomic E-state index is 0.0254. The molecule has 0 fully saturated rings. The Morgan fingerprint density at radius 1 is 1.04 bits per heavy atom. The number of anilines is 1. The number of hydrogen-bond acceptors (Lipinski definition) is 3. The van der Waals surface area contributed by atoms with Crippen molar-refractivity contribution in [2.24, 2.45) is 0 Å². The topological polar surface area (TPSA) is 38.1 Å². The van der Waals surface area contributed by atoms with E-state index in [1.807, 2.05) is 52.9 Å². The van der Waals surface area contributed by atoms with Crippen LogP contribution in [0.4, 0.5) is 5.69 Å². The molecule has 1 aliphatic heterocycles. The van der Waals surface area contributed by atoms with Gasteiger partial charge >= 0.3 is 0 Å². The number of thiazole rings is 1. The van der Waals surface area contributed by atoms with Crippen molar-refractivity contribution in [2.75, 3.05) is 4.90 Å². The molecule has 5 heteroatoms. The third-order valence-corrected chi connectivity index (χ3v) is 5.48. The van der Waals surface area contributed by atoms with Gasteiger partial charge in [-0.1, -0.05) is 18.2 Å². The van der Waals surface area contributed by atoms with Crippen molar-refractivity contribution in [3.8, 4) is 0 Å². The first-order valence-corrected chi connectivity index (χ1v) is 9.04. The van der Waals surface area contributed by atoms with E-state index in [9.17, 15) is 4.79 Å². The molecule has 122 valence electrons. The molecule has 0 unspecified atom stereocenters. The van der Waals surface area contributed by atoms with Crippen LogP contribution >= 0.6 is 11.3 Å². The number of amides is 1. The molecule has 0 radical (unpaired) electrons. The van der Waals surface area contributed by atoms with Gasteiger partial charge in [-0.25, -0.2) is 4.98 Å². The first-order valence-electron chi connectivity index (χ1n) is 8.17. The third-order valence-electron chi connectivity index (χ3n) is 4.69. The van der Waals surface area contributed by atoms with Crippen LogP contribution in [0.15, 0.2) is 66.3 Å². The second-order valence-electron chi connectivity index (χ2n) is 6.18. The van der Waals surface area contributed by atoms with Crippen LogP contribution in [0.1, 0.15) is 21.6 Å². The first kappa shape index (κ1) is 14.4. The van der Waals surface area contributed by atoms with Crippen LogP contribution in [0.25, 0.3) is 10.2 Å². The second kappa shape index (κ2) is 5.57. The number of benzene rings is 2. The molecular formula is C20H15N3OS. The molecule has 4 nitrogen and oxygen atoms in total. The fourth-order valence-corrected chi connectivity index (χ4v) is 4.13. The molecule has 1 aliphatic rings. The van der Waals surface area contributed by atoms with E-state index < -0.39 is 0 Å². The zero-order chi connectivity index (χ0) is 16.8. The smallest absolute Gasteiger partial charge is 0.258 e. The van der Waals surface area contributed by atoms with E-state index in [4.69, 9.17) is 0 Å². The summed E-state index contributed by atoms with van der Waals surface area (Å²) < 4.78 is 3.25. The highest BCUT2D eigenvalue weighted by molar-refractivity contribution is 7.16. The summed E-state index contributed by atoms with van der Waals surface area (Å²) in [7, 11) is 0. The average Bonchev–Trinajstić information content (AvgIpc) is 3.25. The van der Waals surface area contributed by atoms with E-state index in [1.165, 1.54) is 0 Å². The molecule has 3 heterocycles. The molecular weight excluding hydrogens is 330 g/mol. The number of para-hydroxylation sites is 1. The van der Waals surface area contributed by atoms with Gasteiger partial charge in [-0.2, -0.15) is 0 Å². The van der Waals surface area contributed by atoms with Gasteiger partial charge in [0.05, 0.1) is 22.3 Å². The maximum atomic E-state index is 13.3. The highest BCUT2D eigenvalue weighted by Gasteiger charge is 2.24. The molecule has 0 saturated heterocycles. The van der Waals surface area contributed by atoms with Gasteiger partial charge in [0.2, 0.25) is 0 Å². The number of hydrogen-bond donors (Lipinski definition) is 0. The summed E-state index contributed by atoms with van der Waals surface area (Å²) in [6.07, 6.45) is 2.07. The lowest BCUT2D eigenvalue weighted by Crippen LogP contribution is -2.30. The molecule has 0 aliphatic carbocycles. The van der Waals surface area contributed by atoms with Gasteiger partial charge in [-0.05, 0) is 42.0 Å². The molecule has 0 saturated carbocycles. The Morgan fingerprint density at radius 2 is 1.96 bits per heavy atom. The second-order valence-corrected chi connectivity index (χ2v) is 7.07. The molecule has 0 N–H and O–H groups in total. The van der Waals surface area contributed by atoms with Gasteiger partial charge in [-0.3, -0.25) is 4.79 Å². The molecule has 0 atom stereocenters. The van der Waals surface area contributed by atoms with Crippen molar-refractivity contribution in [3.05, 3.63) is 83.1 Å². The molecule has 5 rings (SSSR count). The summed E-state index contributed by atoms with van der Waals surface area (Å²) in [6.45, 7) is 1.36. The Balaban J connectivity index is 1.62. The van der Waals surface area contributed by atoms with Gasteiger partial charge in [0, 0.05) is 29.7 Å². The van der Waals surface area contributed by atoms with E-state index in [0.717, 1.165) is 33.7 Å². The Kier molecular flexibility index (Phi) is 3.21. The standard InChI is InChI=1S/C20H15N3OS/c24-20(14-7-8-17-19(10-14)25-13-21-17)23-12-16-5-3-9-22(16)11-15-4-1-2-6-18(15)23/h1-10,13H,11-12H2. The fraction of sp³-hybridized carbons (Fsp3) is 0.100. The lowest BCUT2D eigenvalue weighted by molar-refractivity contribution is 0.0985. The summed E-state index contributed by atoms with van der Waals surface area (Å²) in [5, 5.41) is 0. The molecule has 0 spiro atoms. The van der Waals surface area contributed by atoms with E-state index in [1.54, 1.807) is 11.3 Å². The van der Waals surface area contributed by atoms with Crippen LogP contribution in [0.5, 0.6) is 0 Å². The van der Waals surface area contributed by atoms with Gasteiger partial charge < -0.3 is 9.47 Å². The van der Waals surface area contributed by atoms with Gasteiger partial charge in [0.25, 0.3) is 5.91 Å². The Bertz CT molecular complexity index is 1090. The van der Waals surface area contributed by atoms with Crippen molar-refractivity contribution < 1.29 is 4.79 Å². The van der Waals surface area contributed by atoms with Crippen LogP contribution in [-0.2, 0) is 13.1 Å². The molecule has 25 heavy (non-hydrogen) atoms. The van der Waals surface area contributed by atoms with Crippen molar-refractivity contribution in [3.63, 3.8) is 0 Å². The average molecular weight is 345 g/mol. The maximum absolute atomic E-state index is 13.3. The predicted octanol–water partition coefficient (Wildman–Crippen LogP) is 4.31. The van der Waals surface area contributed by atoms with Crippen LogP contribution in [0.3, 0.4) is 0 Å². The molecule has 2 aromatic heterocycles. The van der Waals surface area contributed by atoms with Gasteiger partial charge in [-0.15, -0.1) is 11.3 Å². The first-order chi connectivity index (χ1) is 12.3. The molecule has 1 amide bonds. The van der Waals surface area contributed by atoms with E-state index in [0.29, 0.717) is 12.1 Å². The summed E-state index contributed by atoms with van der Waals surface area (Å²) in [5.41, 5.74) is 6.74. The highest BCUT2D eigenvalue weighted by Crippen LogP contribution is 2.30. The van der Waals surface area contributed by atoms with Crippen LogP contribution in [-0.4, -0.2) is 15.5 Å². The number of aromatic nitrogens is 2. The summed E-state index contributed by atoms with van der Waals surface area (Å²) >= 11 is 1.56. The number of carbonyl (C=O) groups is 1. The number of carbonyl (C=O) groups excluding carboxylic acids is 1. The quantitative estimate of drug-likeness (QED) is 0.516. The minimum absolute atomic E-state index is 0.0254. The molecule has 0 bridgehead atoms. The van der Waals surface area contributed by atoms with Gasteiger partial charge in [0.15, 0.2) is 0 Å². The largest absolute Gasteiger partial charge is 0.345 e. The summed E-state index contributed by atoms with van der Waals surface area (Å²) in [6, 6.07) is 18.0. The number of fused-ring (bicyclic) bond motifs is 3. The zero-order valence-corrected chi connectivity index (χ0v) is 14.2.